The van der Waals surface area contributed by atoms with E-state index in [4.69, 9.17) is 15.2 Å². The summed E-state index contributed by atoms with van der Waals surface area (Å²) in [5.41, 5.74) is 9.54. The average molecular weight is 500 g/mol. The van der Waals surface area contributed by atoms with Crippen molar-refractivity contribution in [2.75, 3.05) is 12.8 Å². The first kappa shape index (κ1) is 22.8. The monoisotopic (exact) mass is 500 g/mol. The molecule has 3 aromatic heterocycles. The number of nitrogens with zero attached hydrogens (tertiary/aromatic N) is 5. The van der Waals surface area contributed by atoms with Crippen molar-refractivity contribution in [2.45, 2.75) is 0 Å². The maximum atomic E-state index is 13.5. The van der Waals surface area contributed by atoms with Crippen molar-refractivity contribution in [3.05, 3.63) is 89.7 Å². The van der Waals surface area contributed by atoms with Gasteiger partial charge in [0, 0.05) is 16.5 Å². The van der Waals surface area contributed by atoms with Gasteiger partial charge >= 0.3 is 0 Å². The van der Waals surface area contributed by atoms with Crippen LogP contribution >= 0.6 is 0 Å². The molecule has 6 rings (SSSR count). The van der Waals surface area contributed by atoms with Gasteiger partial charge in [-0.1, -0.05) is 12.1 Å². The SMILES string of the molecule is COc1ccc2nc(Oc3ccc(F)cc3)c(-c3c(C#N)c(N)n4c(nc5ccccc54)c3C#N)cc2c1. The Hall–Kier alpha value is -5.67. The number of anilines is 1. The van der Waals surface area contributed by atoms with Crippen molar-refractivity contribution >= 4 is 33.4 Å². The highest BCUT2D eigenvalue weighted by Gasteiger charge is 2.26. The van der Waals surface area contributed by atoms with Crippen molar-refractivity contribution in [3.63, 3.8) is 0 Å². The standard InChI is InChI=1S/C29H17FN6O2/c1-37-19-10-11-23-16(12-19)13-20(29(35-23)38-18-8-6-17(30)7-9-18)26-21(14-31)27(33)36-25-5-3-2-4-24(25)34-28(36)22(26)15-32/h2-13H,33H2,1H3. The summed E-state index contributed by atoms with van der Waals surface area (Å²) in [6.07, 6.45) is 0. The van der Waals surface area contributed by atoms with Gasteiger partial charge in [-0.2, -0.15) is 10.5 Å². The van der Waals surface area contributed by atoms with Gasteiger partial charge < -0.3 is 15.2 Å². The lowest BCUT2D eigenvalue weighted by molar-refractivity contribution is 0.415. The van der Waals surface area contributed by atoms with Gasteiger partial charge in [0.1, 0.15) is 46.4 Å². The number of rotatable bonds is 4. The predicted molar refractivity (Wildman–Crippen MR) is 140 cm³/mol. The number of hydrogen-bond acceptors (Lipinski definition) is 7. The van der Waals surface area contributed by atoms with E-state index in [0.29, 0.717) is 44.6 Å². The van der Waals surface area contributed by atoms with E-state index in [1.54, 1.807) is 35.8 Å². The summed E-state index contributed by atoms with van der Waals surface area (Å²) in [5, 5.41) is 21.3. The zero-order chi connectivity index (χ0) is 26.4. The van der Waals surface area contributed by atoms with Crippen molar-refractivity contribution in [3.8, 4) is 40.6 Å². The first-order valence-corrected chi connectivity index (χ1v) is 11.5. The Bertz CT molecular complexity index is 1980. The average Bonchev–Trinajstić information content (AvgIpc) is 3.33. The fourth-order valence-electron chi connectivity index (χ4n) is 4.54. The molecule has 0 saturated carbocycles. The van der Waals surface area contributed by atoms with Crippen LogP contribution in [0.4, 0.5) is 10.2 Å². The Balaban J connectivity index is 1.72. The van der Waals surface area contributed by atoms with Gasteiger partial charge in [-0.3, -0.25) is 4.40 Å². The summed E-state index contributed by atoms with van der Waals surface area (Å²) < 4.78 is 26.6. The number of imidazole rings is 1. The Morgan fingerprint density at radius 1 is 0.868 bits per heavy atom. The highest BCUT2D eigenvalue weighted by molar-refractivity contribution is 5.96. The van der Waals surface area contributed by atoms with Gasteiger partial charge in [0.2, 0.25) is 5.88 Å². The molecule has 3 aromatic carbocycles. The van der Waals surface area contributed by atoms with Crippen LogP contribution in [0.1, 0.15) is 11.1 Å². The molecule has 8 nitrogen and oxygen atoms in total. The molecule has 0 atom stereocenters. The molecule has 2 N–H and O–H groups in total. The number of aromatic nitrogens is 3. The summed E-state index contributed by atoms with van der Waals surface area (Å²) in [6, 6.07) is 24.2. The van der Waals surface area contributed by atoms with Crippen LogP contribution in [0.5, 0.6) is 17.4 Å². The summed E-state index contributed by atoms with van der Waals surface area (Å²) >= 11 is 0. The molecule has 182 valence electrons. The zero-order valence-corrected chi connectivity index (χ0v) is 19.9. The molecule has 38 heavy (non-hydrogen) atoms. The molecule has 0 amide bonds. The molecule has 0 bridgehead atoms. The lowest BCUT2D eigenvalue weighted by atomic mass is 9.95. The maximum Gasteiger partial charge on any atom is 0.227 e. The Morgan fingerprint density at radius 3 is 2.34 bits per heavy atom. The number of methoxy groups -OCH3 is 1. The Morgan fingerprint density at radius 2 is 1.61 bits per heavy atom. The number of halogens is 1. The quantitative estimate of drug-likeness (QED) is 0.316. The van der Waals surface area contributed by atoms with Crippen LogP contribution in [0.15, 0.2) is 72.8 Å². The molecule has 9 heteroatoms. The van der Waals surface area contributed by atoms with Crippen molar-refractivity contribution in [1.82, 2.24) is 14.4 Å². The normalized spacial score (nSPS) is 10.9. The molecule has 0 fully saturated rings. The molecule has 0 unspecified atom stereocenters. The molecule has 6 aromatic rings. The van der Waals surface area contributed by atoms with Gasteiger partial charge in [-0.15, -0.1) is 0 Å². The van der Waals surface area contributed by atoms with Crippen LogP contribution in [-0.2, 0) is 0 Å². The predicted octanol–water partition coefficient (Wildman–Crippen LogP) is 5.97. The molecule has 0 aliphatic heterocycles. The Labute approximate surface area is 215 Å². The highest BCUT2D eigenvalue weighted by Crippen LogP contribution is 2.42. The molecule has 0 saturated heterocycles. The molecule has 3 heterocycles. The lowest BCUT2D eigenvalue weighted by Crippen LogP contribution is -2.06. The number of ether oxygens (including phenoxy) is 2. The number of nitrogen functional groups attached to an aromatic ring is 1. The largest absolute Gasteiger partial charge is 0.497 e. The van der Waals surface area contributed by atoms with E-state index in [1.807, 2.05) is 24.3 Å². The van der Waals surface area contributed by atoms with Crippen LogP contribution < -0.4 is 15.2 Å². The lowest BCUT2D eigenvalue weighted by Gasteiger charge is -2.16. The summed E-state index contributed by atoms with van der Waals surface area (Å²) in [6.45, 7) is 0. The third-order valence-electron chi connectivity index (χ3n) is 6.29. The zero-order valence-electron chi connectivity index (χ0n) is 19.9. The van der Waals surface area contributed by atoms with E-state index in [2.05, 4.69) is 22.1 Å². The van der Waals surface area contributed by atoms with Gasteiger partial charge in [0.25, 0.3) is 0 Å². The number of benzene rings is 3. The summed E-state index contributed by atoms with van der Waals surface area (Å²) in [7, 11) is 1.56. The van der Waals surface area contributed by atoms with Crippen LogP contribution in [-0.4, -0.2) is 21.5 Å². The van der Waals surface area contributed by atoms with Crippen LogP contribution in [0.25, 0.3) is 38.7 Å². The van der Waals surface area contributed by atoms with Gasteiger partial charge in [-0.05, 0) is 60.7 Å². The summed E-state index contributed by atoms with van der Waals surface area (Å²) in [4.78, 5) is 9.34. The number of hydrogen-bond donors (Lipinski definition) is 1. The van der Waals surface area contributed by atoms with E-state index < -0.39 is 5.82 Å². The molecule has 0 aliphatic carbocycles. The van der Waals surface area contributed by atoms with Crippen LogP contribution in [0, 0.1) is 28.5 Å². The third-order valence-corrected chi connectivity index (χ3v) is 6.29. The second-order valence-electron chi connectivity index (χ2n) is 8.45. The fourth-order valence-corrected chi connectivity index (χ4v) is 4.54. The van der Waals surface area contributed by atoms with E-state index in [1.165, 1.54) is 24.3 Å². The molecule has 0 radical (unpaired) electrons. The molecule has 0 aliphatic rings. The smallest absolute Gasteiger partial charge is 0.227 e. The minimum Gasteiger partial charge on any atom is -0.497 e. The van der Waals surface area contributed by atoms with Gasteiger partial charge in [-0.25, -0.2) is 14.4 Å². The maximum absolute atomic E-state index is 13.5. The van der Waals surface area contributed by atoms with E-state index in [0.717, 1.165) is 0 Å². The molecular formula is C29H17FN6O2. The minimum atomic E-state index is -0.417. The Kier molecular flexibility index (Phi) is 5.25. The van der Waals surface area contributed by atoms with Gasteiger partial charge in [0.05, 0.1) is 23.7 Å². The summed E-state index contributed by atoms with van der Waals surface area (Å²) in [5.74, 6) is 0.753. The second-order valence-corrected chi connectivity index (χ2v) is 8.45. The van der Waals surface area contributed by atoms with E-state index >= 15 is 0 Å². The van der Waals surface area contributed by atoms with Crippen molar-refractivity contribution in [1.29, 1.82) is 10.5 Å². The first-order chi connectivity index (χ1) is 18.5. The fraction of sp³-hybridized carbons (Fsp3) is 0.0345. The number of nitrogens with two attached hydrogens (primary N) is 1. The highest BCUT2D eigenvalue weighted by atomic mass is 19.1. The van der Waals surface area contributed by atoms with E-state index in [-0.39, 0.29) is 28.4 Å². The molecule has 0 spiro atoms. The first-order valence-electron chi connectivity index (χ1n) is 11.5. The van der Waals surface area contributed by atoms with Gasteiger partial charge in [0.15, 0.2) is 5.65 Å². The third kappa shape index (κ3) is 3.50. The topological polar surface area (TPSA) is 122 Å². The molecular weight excluding hydrogens is 483 g/mol. The minimum absolute atomic E-state index is 0.0743. The number of pyridine rings is 2. The van der Waals surface area contributed by atoms with E-state index in [9.17, 15) is 14.9 Å². The van der Waals surface area contributed by atoms with Crippen LogP contribution in [0.2, 0.25) is 0 Å². The number of para-hydroxylation sites is 2. The number of fused-ring (bicyclic) bond motifs is 4. The van der Waals surface area contributed by atoms with Crippen LogP contribution in [0.3, 0.4) is 0 Å². The number of nitriles is 2. The van der Waals surface area contributed by atoms with Crippen molar-refractivity contribution < 1.29 is 13.9 Å². The van der Waals surface area contributed by atoms with Crippen molar-refractivity contribution in [2.24, 2.45) is 0 Å². The second kappa shape index (κ2) is 8.77.